The minimum atomic E-state index is -4.42. The van der Waals surface area contributed by atoms with Gasteiger partial charge in [0.05, 0.1) is 16.9 Å². The zero-order valence-electron chi connectivity index (χ0n) is 16.7. The second-order valence-corrected chi connectivity index (χ2v) is 7.58. The number of amides is 2. The van der Waals surface area contributed by atoms with E-state index in [9.17, 15) is 22.4 Å². The summed E-state index contributed by atoms with van der Waals surface area (Å²) < 4.78 is 51.0. The summed E-state index contributed by atoms with van der Waals surface area (Å²) >= 11 is 0. The fourth-order valence-corrected chi connectivity index (χ4v) is 3.41. The average Bonchev–Trinajstić information content (AvgIpc) is 2.72. The van der Waals surface area contributed by atoms with Crippen LogP contribution in [0.2, 0.25) is 0 Å². The van der Waals surface area contributed by atoms with Crippen molar-refractivity contribution in [1.29, 1.82) is 0 Å². The van der Waals surface area contributed by atoms with Gasteiger partial charge in [0.25, 0.3) is 0 Å². The summed E-state index contributed by atoms with van der Waals surface area (Å²) in [5.41, 5.74) is 7.18. The molecule has 2 aromatic heterocycles. The number of urea groups is 1. The van der Waals surface area contributed by atoms with E-state index in [0.717, 1.165) is 12.3 Å². The summed E-state index contributed by atoms with van der Waals surface area (Å²) in [6.45, 7) is 0.873. The molecule has 1 fully saturated rings. The number of rotatable bonds is 4. The molecule has 0 spiro atoms. The number of nitrogens with two attached hydrogens (primary N) is 1. The minimum absolute atomic E-state index is 0.0980. The molecule has 0 saturated carbocycles. The van der Waals surface area contributed by atoms with Crippen molar-refractivity contribution < 1.29 is 22.4 Å². The third-order valence-corrected chi connectivity index (χ3v) is 5.19. The van der Waals surface area contributed by atoms with Crippen LogP contribution in [0.1, 0.15) is 11.3 Å². The molecule has 10 heteroatoms. The van der Waals surface area contributed by atoms with E-state index < -0.39 is 11.7 Å². The Morgan fingerprint density at radius 2 is 1.81 bits per heavy atom. The van der Waals surface area contributed by atoms with Gasteiger partial charge in [-0.25, -0.2) is 14.2 Å². The third kappa shape index (κ3) is 4.79. The number of hydrogen-bond acceptors (Lipinski definition) is 4. The van der Waals surface area contributed by atoms with Gasteiger partial charge in [0.2, 0.25) is 0 Å². The lowest BCUT2D eigenvalue weighted by molar-refractivity contribution is -0.137. The van der Waals surface area contributed by atoms with Crippen molar-refractivity contribution in [2.24, 2.45) is 5.92 Å². The van der Waals surface area contributed by atoms with E-state index in [2.05, 4.69) is 15.3 Å². The number of alkyl halides is 3. The average molecular weight is 445 g/mol. The van der Waals surface area contributed by atoms with Gasteiger partial charge in [0, 0.05) is 30.5 Å². The molecular formula is C22H19F4N5O. The monoisotopic (exact) mass is 445 g/mol. The zero-order chi connectivity index (χ0) is 22.9. The van der Waals surface area contributed by atoms with Crippen LogP contribution < -0.4 is 11.1 Å². The molecule has 0 unspecified atom stereocenters. The molecule has 1 aliphatic heterocycles. The molecule has 0 bridgehead atoms. The summed E-state index contributed by atoms with van der Waals surface area (Å²) in [6, 6.07) is 11.1. The summed E-state index contributed by atoms with van der Waals surface area (Å²) in [6.07, 6.45) is -3.12. The van der Waals surface area contributed by atoms with Crippen molar-refractivity contribution in [3.05, 3.63) is 71.8 Å². The van der Waals surface area contributed by atoms with Gasteiger partial charge in [0.15, 0.2) is 5.82 Å². The smallest absolute Gasteiger partial charge is 0.396 e. The van der Waals surface area contributed by atoms with Gasteiger partial charge in [-0.05, 0) is 60.9 Å². The second kappa shape index (κ2) is 8.45. The molecule has 4 rings (SSSR count). The van der Waals surface area contributed by atoms with E-state index in [1.54, 1.807) is 29.2 Å². The van der Waals surface area contributed by atoms with Crippen LogP contribution in [-0.4, -0.2) is 34.0 Å². The Labute approximate surface area is 181 Å². The molecule has 0 atom stereocenters. The van der Waals surface area contributed by atoms with Crippen molar-refractivity contribution in [3.63, 3.8) is 0 Å². The number of nitrogens with one attached hydrogen (secondary N) is 1. The number of pyridine rings is 2. The molecular weight excluding hydrogens is 426 g/mol. The highest BCUT2D eigenvalue weighted by Crippen LogP contribution is 2.29. The van der Waals surface area contributed by atoms with Crippen molar-refractivity contribution in [3.8, 4) is 11.3 Å². The lowest BCUT2D eigenvalue weighted by atomic mass is 9.94. The van der Waals surface area contributed by atoms with Crippen LogP contribution in [0.15, 0.2) is 54.7 Å². The number of anilines is 2. The van der Waals surface area contributed by atoms with E-state index in [4.69, 9.17) is 5.73 Å². The van der Waals surface area contributed by atoms with Gasteiger partial charge in [0.1, 0.15) is 5.82 Å². The highest BCUT2D eigenvalue weighted by Gasteiger charge is 2.33. The van der Waals surface area contributed by atoms with Crippen LogP contribution >= 0.6 is 0 Å². The molecule has 32 heavy (non-hydrogen) atoms. The first kappa shape index (κ1) is 21.5. The maximum atomic E-state index is 13.1. The maximum absolute atomic E-state index is 13.1. The highest BCUT2D eigenvalue weighted by molar-refractivity contribution is 5.92. The topological polar surface area (TPSA) is 84.1 Å². The van der Waals surface area contributed by atoms with Crippen molar-refractivity contribution in [2.45, 2.75) is 12.6 Å². The Bertz CT molecular complexity index is 1110. The first-order valence-electron chi connectivity index (χ1n) is 9.79. The molecule has 0 aliphatic carbocycles. The summed E-state index contributed by atoms with van der Waals surface area (Å²) in [4.78, 5) is 22.3. The van der Waals surface area contributed by atoms with Crippen LogP contribution in [0.25, 0.3) is 11.3 Å². The van der Waals surface area contributed by atoms with Crippen LogP contribution in [0.3, 0.4) is 0 Å². The van der Waals surface area contributed by atoms with Crippen LogP contribution in [-0.2, 0) is 12.6 Å². The second-order valence-electron chi connectivity index (χ2n) is 7.58. The number of nitrogens with zero attached hydrogens (tertiary/aromatic N) is 3. The molecule has 2 amide bonds. The minimum Gasteiger partial charge on any atom is -0.396 e. The third-order valence-electron chi connectivity index (χ3n) is 5.19. The standard InChI is InChI=1S/C22H19F4N5O/c23-16-4-1-14(2-5-16)19-8-7-18(27)20(29-19)30-21(32)31-11-13(12-31)9-17-6-3-15(10-28-17)22(24,25)26/h1-8,10,13H,9,11-12,27H2,(H,29,30,32). The van der Waals surface area contributed by atoms with E-state index >= 15 is 0 Å². The first-order chi connectivity index (χ1) is 15.2. The van der Waals surface area contributed by atoms with Crippen molar-refractivity contribution in [1.82, 2.24) is 14.9 Å². The van der Waals surface area contributed by atoms with E-state index in [0.29, 0.717) is 36.5 Å². The number of likely N-dealkylation sites (tertiary alicyclic amines) is 1. The van der Waals surface area contributed by atoms with E-state index in [1.165, 1.54) is 18.2 Å². The normalized spacial score (nSPS) is 14.2. The number of halogens is 4. The Morgan fingerprint density at radius 3 is 2.44 bits per heavy atom. The molecule has 166 valence electrons. The lowest BCUT2D eigenvalue weighted by Crippen LogP contribution is -2.52. The van der Waals surface area contributed by atoms with Gasteiger partial charge < -0.3 is 10.6 Å². The number of aromatic nitrogens is 2. The summed E-state index contributed by atoms with van der Waals surface area (Å²) in [5, 5.41) is 2.68. The van der Waals surface area contributed by atoms with Gasteiger partial charge in [-0.15, -0.1) is 0 Å². The van der Waals surface area contributed by atoms with Crippen LogP contribution in [0, 0.1) is 11.7 Å². The Kier molecular flexibility index (Phi) is 5.68. The summed E-state index contributed by atoms with van der Waals surface area (Å²) in [5.74, 6) is -0.0675. The maximum Gasteiger partial charge on any atom is 0.417 e. The first-order valence-corrected chi connectivity index (χ1v) is 9.79. The number of carbonyl (C=O) groups excluding carboxylic acids is 1. The number of nitrogen functional groups attached to an aromatic ring is 1. The molecule has 0 radical (unpaired) electrons. The van der Waals surface area contributed by atoms with Gasteiger partial charge in [-0.1, -0.05) is 0 Å². The number of hydrogen-bond donors (Lipinski definition) is 2. The van der Waals surface area contributed by atoms with E-state index in [1.807, 2.05) is 0 Å². The molecule has 1 aliphatic rings. The van der Waals surface area contributed by atoms with Crippen LogP contribution in [0.4, 0.5) is 33.9 Å². The van der Waals surface area contributed by atoms with Gasteiger partial charge in [-0.3, -0.25) is 10.3 Å². The van der Waals surface area contributed by atoms with Crippen molar-refractivity contribution >= 4 is 17.5 Å². The SMILES string of the molecule is Nc1ccc(-c2ccc(F)cc2)nc1NC(=O)N1CC(Cc2ccc(C(F)(F)F)cn2)C1. The van der Waals surface area contributed by atoms with Gasteiger partial charge >= 0.3 is 12.2 Å². The van der Waals surface area contributed by atoms with Crippen molar-refractivity contribution in [2.75, 3.05) is 24.1 Å². The largest absolute Gasteiger partial charge is 0.417 e. The fraction of sp³-hybridized carbons (Fsp3) is 0.227. The summed E-state index contributed by atoms with van der Waals surface area (Å²) in [7, 11) is 0. The Balaban J connectivity index is 1.34. The molecule has 1 aromatic carbocycles. The molecule has 1 saturated heterocycles. The predicted molar refractivity (Wildman–Crippen MR) is 111 cm³/mol. The van der Waals surface area contributed by atoms with Gasteiger partial charge in [-0.2, -0.15) is 13.2 Å². The zero-order valence-corrected chi connectivity index (χ0v) is 16.7. The quantitative estimate of drug-likeness (QED) is 0.576. The molecule has 3 heterocycles. The lowest BCUT2D eigenvalue weighted by Gasteiger charge is -2.39. The van der Waals surface area contributed by atoms with E-state index in [-0.39, 0.29) is 29.3 Å². The molecule has 6 nitrogen and oxygen atoms in total. The Hall–Kier alpha value is -3.69. The number of benzene rings is 1. The number of carbonyl (C=O) groups is 1. The molecule has 3 N–H and O–H groups in total. The fourth-order valence-electron chi connectivity index (χ4n) is 3.41. The highest BCUT2D eigenvalue weighted by atomic mass is 19.4. The van der Waals surface area contributed by atoms with Crippen LogP contribution in [0.5, 0.6) is 0 Å². The Morgan fingerprint density at radius 1 is 1.09 bits per heavy atom. The predicted octanol–water partition coefficient (Wildman–Crippen LogP) is 4.59. The molecule has 3 aromatic rings.